The lowest BCUT2D eigenvalue weighted by atomic mass is 9.85. The van der Waals surface area contributed by atoms with E-state index in [2.05, 4.69) is 42.7 Å². The third kappa shape index (κ3) is 29.5. The lowest BCUT2D eigenvalue weighted by Crippen LogP contribution is -2.64. The van der Waals surface area contributed by atoms with E-state index in [0.717, 1.165) is 77.0 Å². The summed E-state index contributed by atoms with van der Waals surface area (Å²) in [6, 6.07) is 0. The van der Waals surface area contributed by atoms with E-state index in [-0.39, 0.29) is 12.8 Å². The first-order valence-electron chi connectivity index (χ1n) is 22.9. The van der Waals surface area contributed by atoms with Gasteiger partial charge in [0.15, 0.2) is 6.10 Å². The number of unbranched alkanes of at least 4 members (excludes halogenated alkanes) is 20. The fraction of sp³-hybridized carbons (Fsp3) is 0.860. The van der Waals surface area contributed by atoms with Crippen LogP contribution >= 0.6 is 15.6 Å². The average Bonchev–Trinajstić information content (AvgIpc) is 3.21. The van der Waals surface area contributed by atoms with Crippen molar-refractivity contribution in [3.63, 3.8) is 0 Å². The molecule has 0 saturated heterocycles. The molecule has 61 heavy (non-hydrogen) atoms. The molecule has 1 saturated carbocycles. The van der Waals surface area contributed by atoms with Gasteiger partial charge in [-0.1, -0.05) is 128 Å². The van der Waals surface area contributed by atoms with Gasteiger partial charge in [-0.2, -0.15) is 0 Å². The number of aliphatic hydroxyl groups is 4. The lowest BCUT2D eigenvalue weighted by molar-refractivity contribution is -0.216. The van der Waals surface area contributed by atoms with Crippen molar-refractivity contribution in [2.45, 2.75) is 224 Å². The van der Waals surface area contributed by atoms with Crippen LogP contribution in [0, 0.1) is 0 Å². The van der Waals surface area contributed by atoms with Crippen molar-refractivity contribution in [3.8, 4) is 0 Å². The van der Waals surface area contributed by atoms with Gasteiger partial charge >= 0.3 is 27.6 Å². The maximum atomic E-state index is 13.0. The predicted molar refractivity (Wildman–Crippen MR) is 232 cm³/mol. The zero-order valence-electron chi connectivity index (χ0n) is 36.8. The Bertz CT molecular complexity index is 1290. The summed E-state index contributed by atoms with van der Waals surface area (Å²) in [6.45, 7) is 3.06. The van der Waals surface area contributed by atoms with Crippen molar-refractivity contribution in [1.82, 2.24) is 0 Å². The quantitative estimate of drug-likeness (QED) is 0.0133. The SMILES string of the molecule is CCCCCCC=CCCCCCCCC(=O)O[C@H](COC(=O)CCCCCCCC=CCCCCCCCC)COP(=O)(O)O[C@H]1C(O)C(O)C(O)[C@@H](OP(=O)(O)O)C1O. The number of phosphoric ester groups is 2. The van der Waals surface area contributed by atoms with E-state index >= 15 is 0 Å². The summed E-state index contributed by atoms with van der Waals surface area (Å²) in [7, 11) is -10.7. The molecule has 0 radical (unpaired) electrons. The number of hydrogen-bond acceptors (Lipinski definition) is 13. The Morgan fingerprint density at radius 3 is 1.36 bits per heavy atom. The molecule has 0 aliphatic heterocycles. The van der Waals surface area contributed by atoms with Gasteiger partial charge in [-0.05, 0) is 64.2 Å². The predicted octanol–water partition coefficient (Wildman–Crippen LogP) is 8.17. The highest BCUT2D eigenvalue weighted by molar-refractivity contribution is 7.47. The van der Waals surface area contributed by atoms with Crippen LogP contribution in [-0.4, -0.2) is 103 Å². The van der Waals surface area contributed by atoms with Crippen LogP contribution in [0.1, 0.15) is 181 Å². The summed E-state index contributed by atoms with van der Waals surface area (Å²) in [6.07, 6.45) is 20.0. The van der Waals surface area contributed by atoms with Gasteiger partial charge < -0.3 is 44.6 Å². The zero-order valence-corrected chi connectivity index (χ0v) is 38.6. The van der Waals surface area contributed by atoms with E-state index in [4.69, 9.17) is 28.3 Å². The van der Waals surface area contributed by atoms with Crippen molar-refractivity contribution in [2.24, 2.45) is 0 Å². The van der Waals surface area contributed by atoms with Gasteiger partial charge in [-0.15, -0.1) is 0 Å². The van der Waals surface area contributed by atoms with Gasteiger partial charge in [0.1, 0.15) is 43.2 Å². The number of aliphatic hydroxyl groups excluding tert-OH is 4. The molecule has 1 aliphatic rings. The minimum absolute atomic E-state index is 0.0337. The summed E-state index contributed by atoms with van der Waals surface area (Å²) in [4.78, 5) is 54.2. The van der Waals surface area contributed by atoms with Gasteiger partial charge in [0.25, 0.3) is 0 Å². The Morgan fingerprint density at radius 2 is 0.902 bits per heavy atom. The summed E-state index contributed by atoms with van der Waals surface area (Å²) < 4.78 is 49.3. The summed E-state index contributed by atoms with van der Waals surface area (Å²) in [5, 5.41) is 41.2. The molecule has 0 spiro atoms. The van der Waals surface area contributed by atoms with Gasteiger partial charge in [0.2, 0.25) is 0 Å². The second-order valence-corrected chi connectivity index (χ2v) is 18.7. The Kier molecular flexibility index (Phi) is 32.8. The van der Waals surface area contributed by atoms with E-state index in [9.17, 15) is 44.0 Å². The van der Waals surface area contributed by atoms with Crippen LogP contribution in [0.25, 0.3) is 0 Å². The normalized spacial score (nSPS) is 22.4. The molecule has 0 aromatic heterocycles. The third-order valence-electron chi connectivity index (χ3n) is 10.5. The van der Waals surface area contributed by atoms with E-state index in [1.165, 1.54) is 64.2 Å². The van der Waals surface area contributed by atoms with Crippen molar-refractivity contribution in [3.05, 3.63) is 24.3 Å². The van der Waals surface area contributed by atoms with Crippen molar-refractivity contribution < 1.29 is 76.9 Å². The molecule has 18 heteroatoms. The molecule has 7 N–H and O–H groups in total. The maximum absolute atomic E-state index is 13.0. The van der Waals surface area contributed by atoms with Crippen molar-refractivity contribution >= 4 is 27.6 Å². The van der Waals surface area contributed by atoms with E-state index in [1.54, 1.807) is 0 Å². The average molecular weight is 915 g/mol. The molecule has 8 atom stereocenters. The molecule has 1 aliphatic carbocycles. The second-order valence-electron chi connectivity index (χ2n) is 16.1. The fourth-order valence-corrected chi connectivity index (χ4v) is 8.44. The molecule has 358 valence electrons. The number of esters is 2. The fourth-order valence-electron chi connectivity index (χ4n) is 6.90. The van der Waals surface area contributed by atoms with Crippen molar-refractivity contribution in [1.29, 1.82) is 0 Å². The Labute approximate surface area is 364 Å². The Hall–Kier alpha value is -1.52. The lowest BCUT2D eigenvalue weighted by Gasteiger charge is -2.43. The Morgan fingerprint density at radius 1 is 0.508 bits per heavy atom. The molecule has 1 fully saturated rings. The number of carbonyl (C=O) groups is 2. The van der Waals surface area contributed by atoms with Gasteiger partial charge in [0.05, 0.1) is 6.61 Å². The molecule has 0 heterocycles. The summed E-state index contributed by atoms with van der Waals surface area (Å²) in [5.41, 5.74) is 0. The number of carbonyl (C=O) groups excluding carboxylic acids is 2. The number of ether oxygens (including phenoxy) is 2. The van der Waals surface area contributed by atoms with Gasteiger partial charge in [-0.25, -0.2) is 9.13 Å². The third-order valence-corrected chi connectivity index (χ3v) is 12.0. The summed E-state index contributed by atoms with van der Waals surface area (Å²) in [5.74, 6) is -1.22. The van der Waals surface area contributed by atoms with Crippen molar-refractivity contribution in [2.75, 3.05) is 13.2 Å². The molecule has 0 bridgehead atoms. The molecular weight excluding hydrogens is 834 g/mol. The zero-order chi connectivity index (χ0) is 45.4. The molecule has 0 aromatic rings. The van der Waals surface area contributed by atoms with E-state index < -0.39 is 83.5 Å². The second kappa shape index (κ2) is 34.8. The number of allylic oxidation sites excluding steroid dienone is 4. The van der Waals surface area contributed by atoms with E-state index in [0.29, 0.717) is 12.8 Å². The molecule has 0 amide bonds. The van der Waals surface area contributed by atoms with Gasteiger partial charge in [-0.3, -0.25) is 23.2 Å². The van der Waals surface area contributed by atoms with Crippen LogP contribution in [0.3, 0.4) is 0 Å². The minimum atomic E-state index is -5.36. The standard InChI is InChI=1S/C43H80O16P2/c1-3-5-7-9-11-13-15-17-18-20-21-23-25-27-29-31-36(44)55-33-35(57-37(45)32-30-28-26-24-22-19-16-14-12-10-8-6-4-2)34-56-61(53,54)59-43-40(48)38(46)39(47)42(41(43)49)58-60(50,51)52/h14,16-18,35,38-43,46-49H,3-13,15,19-34H2,1-2H3,(H,53,54)(H2,50,51,52)/t35-,38?,39?,40?,41?,42-,43+/m1/s1. The Balaban J connectivity index is 2.62. The molecule has 16 nitrogen and oxygen atoms in total. The summed E-state index contributed by atoms with van der Waals surface area (Å²) >= 11 is 0. The highest BCUT2D eigenvalue weighted by Crippen LogP contribution is 2.49. The topological polar surface area (TPSA) is 256 Å². The first kappa shape index (κ1) is 57.5. The first-order chi connectivity index (χ1) is 29.1. The largest absolute Gasteiger partial charge is 0.472 e. The molecule has 0 aromatic carbocycles. The number of phosphoric acid groups is 2. The maximum Gasteiger partial charge on any atom is 0.472 e. The van der Waals surface area contributed by atoms with E-state index in [1.807, 2.05) is 0 Å². The highest BCUT2D eigenvalue weighted by atomic mass is 31.2. The van der Waals surface area contributed by atoms with Crippen LogP contribution in [-0.2, 0) is 41.8 Å². The van der Waals surface area contributed by atoms with Crippen LogP contribution in [0.15, 0.2) is 24.3 Å². The minimum Gasteiger partial charge on any atom is -0.462 e. The van der Waals surface area contributed by atoms with Crippen LogP contribution in [0.2, 0.25) is 0 Å². The number of hydrogen-bond donors (Lipinski definition) is 7. The smallest absolute Gasteiger partial charge is 0.462 e. The van der Waals surface area contributed by atoms with Crippen LogP contribution in [0.4, 0.5) is 0 Å². The molecule has 5 unspecified atom stereocenters. The van der Waals surface area contributed by atoms with Gasteiger partial charge in [0, 0.05) is 12.8 Å². The number of rotatable bonds is 38. The molecule has 1 rings (SSSR count). The highest BCUT2D eigenvalue weighted by Gasteiger charge is 2.54. The monoisotopic (exact) mass is 914 g/mol. The first-order valence-corrected chi connectivity index (χ1v) is 25.9. The molecular formula is C43H80O16P2. The van der Waals surface area contributed by atoms with Crippen LogP contribution in [0.5, 0.6) is 0 Å². The van der Waals surface area contributed by atoms with Crippen LogP contribution < -0.4 is 0 Å².